The SMILES string of the molecule is CCN(CC)C(=O)C(c1ccccc1)N1CCN(c2ccc(C(=O)N3Cc4ccccc4C3=O)cc2F)CC1. The quantitative estimate of drug-likeness (QED) is 0.427. The minimum Gasteiger partial charge on any atom is -0.367 e. The van der Waals surface area contributed by atoms with Crippen LogP contribution >= 0.6 is 0 Å². The van der Waals surface area contributed by atoms with Gasteiger partial charge in [0.05, 0.1) is 12.2 Å². The van der Waals surface area contributed by atoms with Crippen molar-refractivity contribution in [1.29, 1.82) is 0 Å². The molecule has 0 aromatic heterocycles. The van der Waals surface area contributed by atoms with Crippen LogP contribution in [0, 0.1) is 5.82 Å². The molecule has 8 heteroatoms. The summed E-state index contributed by atoms with van der Waals surface area (Å²) in [6, 6.07) is 20.9. The van der Waals surface area contributed by atoms with Gasteiger partial charge in [0.1, 0.15) is 11.9 Å². The highest BCUT2D eigenvalue weighted by Crippen LogP contribution is 2.29. The van der Waals surface area contributed by atoms with Gasteiger partial charge in [0, 0.05) is 50.4 Å². The number of carbonyl (C=O) groups is 3. The van der Waals surface area contributed by atoms with Gasteiger partial charge in [0.25, 0.3) is 11.8 Å². The average molecular weight is 529 g/mol. The zero-order valence-corrected chi connectivity index (χ0v) is 22.3. The van der Waals surface area contributed by atoms with Gasteiger partial charge < -0.3 is 9.80 Å². The third-order valence-electron chi connectivity index (χ3n) is 7.71. The van der Waals surface area contributed by atoms with Gasteiger partial charge in [-0.1, -0.05) is 48.5 Å². The Hall–Kier alpha value is -4.04. The third kappa shape index (κ3) is 5.16. The van der Waals surface area contributed by atoms with Crippen LogP contribution in [0.1, 0.15) is 51.7 Å². The normalized spacial score (nSPS) is 16.2. The summed E-state index contributed by atoms with van der Waals surface area (Å²) >= 11 is 0. The zero-order valence-electron chi connectivity index (χ0n) is 22.3. The van der Waals surface area contributed by atoms with Crippen molar-refractivity contribution in [1.82, 2.24) is 14.7 Å². The summed E-state index contributed by atoms with van der Waals surface area (Å²) < 4.78 is 15.3. The number of imide groups is 1. The molecule has 7 nitrogen and oxygen atoms in total. The van der Waals surface area contributed by atoms with E-state index in [0.717, 1.165) is 16.0 Å². The first-order valence-corrected chi connectivity index (χ1v) is 13.5. The second-order valence-corrected chi connectivity index (χ2v) is 9.87. The Morgan fingerprint density at radius 1 is 0.897 bits per heavy atom. The van der Waals surface area contributed by atoms with Crippen molar-refractivity contribution in [2.75, 3.05) is 44.2 Å². The van der Waals surface area contributed by atoms with Gasteiger partial charge in [-0.15, -0.1) is 0 Å². The summed E-state index contributed by atoms with van der Waals surface area (Å²) in [4.78, 5) is 46.4. The predicted molar refractivity (Wildman–Crippen MR) is 148 cm³/mol. The second-order valence-electron chi connectivity index (χ2n) is 9.87. The fourth-order valence-electron chi connectivity index (χ4n) is 5.54. The fraction of sp³-hybridized carbons (Fsp3) is 0.323. The van der Waals surface area contributed by atoms with Gasteiger partial charge >= 0.3 is 0 Å². The van der Waals surface area contributed by atoms with E-state index in [0.29, 0.717) is 50.5 Å². The first-order chi connectivity index (χ1) is 18.9. The summed E-state index contributed by atoms with van der Waals surface area (Å²) in [5, 5.41) is 0. The molecule has 3 aromatic rings. The van der Waals surface area contributed by atoms with E-state index in [2.05, 4.69) is 4.90 Å². The van der Waals surface area contributed by atoms with E-state index in [1.807, 2.05) is 66.1 Å². The summed E-state index contributed by atoms with van der Waals surface area (Å²) in [6.45, 7) is 7.70. The molecule has 0 spiro atoms. The van der Waals surface area contributed by atoms with Crippen LogP contribution in [0.5, 0.6) is 0 Å². The number of piperazine rings is 1. The van der Waals surface area contributed by atoms with Crippen molar-refractivity contribution in [3.8, 4) is 0 Å². The highest BCUT2D eigenvalue weighted by atomic mass is 19.1. The predicted octanol–water partition coefficient (Wildman–Crippen LogP) is 4.35. The number of rotatable bonds is 7. The first kappa shape index (κ1) is 26.6. The third-order valence-corrected chi connectivity index (χ3v) is 7.71. The zero-order chi connectivity index (χ0) is 27.5. The van der Waals surface area contributed by atoms with Gasteiger partial charge in [-0.2, -0.15) is 0 Å². The lowest BCUT2D eigenvalue weighted by atomic mass is 10.0. The molecule has 1 unspecified atom stereocenters. The highest BCUT2D eigenvalue weighted by Gasteiger charge is 2.34. The van der Waals surface area contributed by atoms with Crippen molar-refractivity contribution >= 4 is 23.4 Å². The molecule has 3 aromatic carbocycles. The molecule has 0 saturated carbocycles. The molecule has 0 bridgehead atoms. The number of halogens is 1. The Balaban J connectivity index is 1.29. The lowest BCUT2D eigenvalue weighted by Gasteiger charge is -2.41. The van der Waals surface area contributed by atoms with Crippen LogP contribution in [0.4, 0.5) is 10.1 Å². The number of anilines is 1. The summed E-state index contributed by atoms with van der Waals surface area (Å²) in [6.07, 6.45) is 0. The van der Waals surface area contributed by atoms with Crippen molar-refractivity contribution in [2.24, 2.45) is 0 Å². The molecule has 1 saturated heterocycles. The minimum absolute atomic E-state index is 0.0762. The Morgan fingerprint density at radius 3 is 2.21 bits per heavy atom. The number of benzene rings is 3. The van der Waals surface area contributed by atoms with Gasteiger partial charge in [0.15, 0.2) is 0 Å². The molecule has 2 aliphatic rings. The molecular formula is C31H33FN4O3. The standard InChI is InChI=1S/C31H33FN4O3/c1-3-33(4-2)31(39)28(22-10-6-5-7-11-22)35-18-16-34(17-19-35)27-15-14-23(20-26(27)32)29(37)36-21-24-12-8-9-13-25(24)30(36)38/h5-15,20,28H,3-4,16-19,21H2,1-2H3. The number of hydrogen-bond acceptors (Lipinski definition) is 5. The van der Waals surface area contributed by atoms with Crippen LogP contribution in [0.25, 0.3) is 0 Å². The van der Waals surface area contributed by atoms with Crippen molar-refractivity contribution in [3.63, 3.8) is 0 Å². The number of likely N-dealkylation sites (N-methyl/N-ethyl adjacent to an activating group) is 1. The summed E-state index contributed by atoms with van der Waals surface area (Å²) in [5.41, 5.74) is 2.81. The first-order valence-electron chi connectivity index (χ1n) is 13.5. The smallest absolute Gasteiger partial charge is 0.261 e. The number of hydrogen-bond donors (Lipinski definition) is 0. The maximum Gasteiger partial charge on any atom is 0.261 e. The molecule has 0 radical (unpaired) electrons. The molecule has 3 amide bonds. The molecule has 2 heterocycles. The second kappa shape index (κ2) is 11.4. The van der Waals surface area contributed by atoms with E-state index in [4.69, 9.17) is 0 Å². The van der Waals surface area contributed by atoms with Crippen LogP contribution in [-0.2, 0) is 11.3 Å². The number of amides is 3. The maximum absolute atomic E-state index is 15.3. The lowest BCUT2D eigenvalue weighted by molar-refractivity contribution is -0.137. The Bertz CT molecular complexity index is 1370. The van der Waals surface area contributed by atoms with Gasteiger partial charge in [0.2, 0.25) is 5.91 Å². The van der Waals surface area contributed by atoms with Crippen LogP contribution in [-0.4, -0.2) is 71.7 Å². The molecule has 1 fully saturated rings. The van der Waals surface area contributed by atoms with Gasteiger partial charge in [-0.05, 0) is 49.2 Å². The largest absolute Gasteiger partial charge is 0.367 e. The monoisotopic (exact) mass is 528 g/mol. The summed E-state index contributed by atoms with van der Waals surface area (Å²) in [7, 11) is 0. The Labute approximate surface area is 228 Å². The van der Waals surface area contributed by atoms with Crippen LogP contribution in [0.15, 0.2) is 72.8 Å². The van der Waals surface area contributed by atoms with Gasteiger partial charge in [-0.3, -0.25) is 24.2 Å². The van der Waals surface area contributed by atoms with Crippen LogP contribution in [0.2, 0.25) is 0 Å². The molecule has 39 heavy (non-hydrogen) atoms. The number of carbonyl (C=O) groups excluding carboxylic acids is 3. The van der Waals surface area contributed by atoms with Gasteiger partial charge in [-0.25, -0.2) is 4.39 Å². The Kier molecular flexibility index (Phi) is 7.74. The molecule has 0 aliphatic carbocycles. The van der Waals surface area contributed by atoms with E-state index in [1.165, 1.54) is 6.07 Å². The average Bonchev–Trinajstić information content (AvgIpc) is 3.31. The van der Waals surface area contributed by atoms with Crippen LogP contribution < -0.4 is 4.90 Å². The molecular weight excluding hydrogens is 495 g/mol. The van der Waals surface area contributed by atoms with E-state index in [1.54, 1.807) is 24.3 Å². The molecule has 2 aliphatic heterocycles. The highest BCUT2D eigenvalue weighted by molar-refractivity contribution is 6.12. The number of fused-ring (bicyclic) bond motifs is 1. The van der Waals surface area contributed by atoms with Crippen molar-refractivity contribution in [3.05, 3.63) is 101 Å². The maximum atomic E-state index is 15.3. The van der Waals surface area contributed by atoms with E-state index < -0.39 is 11.7 Å². The minimum atomic E-state index is -0.507. The van der Waals surface area contributed by atoms with Crippen molar-refractivity contribution in [2.45, 2.75) is 26.4 Å². The lowest BCUT2D eigenvalue weighted by Crippen LogP contribution is -2.52. The topological polar surface area (TPSA) is 64.2 Å². The Morgan fingerprint density at radius 2 is 1.56 bits per heavy atom. The molecule has 202 valence electrons. The summed E-state index contributed by atoms with van der Waals surface area (Å²) in [5.74, 6) is -1.29. The fourth-order valence-corrected chi connectivity index (χ4v) is 5.54. The molecule has 0 N–H and O–H groups in total. The van der Waals surface area contributed by atoms with E-state index in [-0.39, 0.29) is 30.0 Å². The van der Waals surface area contributed by atoms with Crippen molar-refractivity contribution < 1.29 is 18.8 Å². The van der Waals surface area contributed by atoms with Crippen LogP contribution in [0.3, 0.4) is 0 Å². The number of nitrogens with zero attached hydrogens (tertiary/aromatic N) is 4. The van der Waals surface area contributed by atoms with E-state index in [9.17, 15) is 14.4 Å². The molecule has 1 atom stereocenters. The molecule has 5 rings (SSSR count). The van der Waals surface area contributed by atoms with E-state index >= 15 is 4.39 Å².